The van der Waals surface area contributed by atoms with E-state index in [4.69, 9.17) is 0 Å². The normalized spacial score (nSPS) is 23.5. The van der Waals surface area contributed by atoms with Crippen molar-refractivity contribution in [1.82, 2.24) is 9.80 Å². The first-order valence-electron chi connectivity index (χ1n) is 8.08. The minimum absolute atomic E-state index is 0.338. The van der Waals surface area contributed by atoms with Gasteiger partial charge in [-0.15, -0.1) is 0 Å². The average Bonchev–Trinajstić information content (AvgIpc) is 3.13. The molecule has 0 bridgehead atoms. The summed E-state index contributed by atoms with van der Waals surface area (Å²) in [5.74, 6) is 0.338. The minimum atomic E-state index is 0.338. The van der Waals surface area contributed by atoms with E-state index in [0.29, 0.717) is 11.9 Å². The highest BCUT2D eigenvalue weighted by Gasteiger charge is 2.25. The first kappa shape index (κ1) is 14.3. The highest BCUT2D eigenvalue weighted by molar-refractivity contribution is 5.78. The molecule has 0 radical (unpaired) electrons. The van der Waals surface area contributed by atoms with Gasteiger partial charge in [-0.3, -0.25) is 9.69 Å². The molecule has 3 rings (SSSR count). The topological polar surface area (TPSA) is 23.6 Å². The van der Waals surface area contributed by atoms with E-state index in [9.17, 15) is 4.79 Å². The van der Waals surface area contributed by atoms with Crippen molar-refractivity contribution in [3.63, 3.8) is 0 Å². The maximum absolute atomic E-state index is 11.7. The number of hydrogen-bond acceptors (Lipinski definition) is 2. The smallest absolute Gasteiger partial charge is 0.222 e. The molecule has 0 aromatic heterocycles. The summed E-state index contributed by atoms with van der Waals surface area (Å²) in [4.78, 5) is 16.2. The maximum atomic E-state index is 11.7. The van der Waals surface area contributed by atoms with Crippen LogP contribution in [0, 0.1) is 0 Å². The van der Waals surface area contributed by atoms with Crippen molar-refractivity contribution < 1.29 is 4.79 Å². The van der Waals surface area contributed by atoms with E-state index in [1.54, 1.807) is 0 Å². The fraction of sp³-hybridized carbons (Fsp3) is 0.500. The van der Waals surface area contributed by atoms with Gasteiger partial charge in [-0.2, -0.15) is 0 Å². The summed E-state index contributed by atoms with van der Waals surface area (Å²) in [5.41, 5.74) is 1.26. The summed E-state index contributed by atoms with van der Waals surface area (Å²) in [6.07, 6.45) is 8.83. The zero-order valence-electron chi connectivity index (χ0n) is 12.6. The van der Waals surface area contributed by atoms with Crippen molar-refractivity contribution in [1.29, 1.82) is 0 Å². The molecule has 1 aromatic carbocycles. The van der Waals surface area contributed by atoms with Gasteiger partial charge in [0.15, 0.2) is 0 Å². The molecule has 0 spiro atoms. The van der Waals surface area contributed by atoms with E-state index in [1.807, 2.05) is 11.0 Å². The molecule has 3 nitrogen and oxygen atoms in total. The number of amides is 1. The minimum Gasteiger partial charge on any atom is -0.341 e. The Morgan fingerprint density at radius 2 is 1.95 bits per heavy atom. The Bertz CT molecular complexity index is 497. The van der Waals surface area contributed by atoms with Crippen molar-refractivity contribution in [3.05, 3.63) is 42.0 Å². The molecular weight excluding hydrogens is 260 g/mol. The lowest BCUT2D eigenvalue weighted by Crippen LogP contribution is -2.37. The van der Waals surface area contributed by atoms with Crippen LogP contribution < -0.4 is 0 Å². The third kappa shape index (κ3) is 3.73. The second-order valence-electron chi connectivity index (χ2n) is 6.00. The first-order chi connectivity index (χ1) is 10.3. The molecule has 2 saturated heterocycles. The molecule has 2 fully saturated rings. The number of nitrogens with zero attached hydrogens (tertiary/aromatic N) is 2. The van der Waals surface area contributed by atoms with Gasteiger partial charge in [0.2, 0.25) is 5.91 Å². The van der Waals surface area contributed by atoms with Crippen LogP contribution in [0.2, 0.25) is 0 Å². The molecule has 0 aliphatic carbocycles. The molecule has 2 aliphatic heterocycles. The summed E-state index contributed by atoms with van der Waals surface area (Å²) < 4.78 is 0. The molecule has 21 heavy (non-hydrogen) atoms. The second kappa shape index (κ2) is 6.90. The van der Waals surface area contributed by atoms with Crippen LogP contribution in [-0.4, -0.2) is 47.9 Å². The lowest BCUT2D eigenvalue weighted by molar-refractivity contribution is -0.127. The zero-order valence-corrected chi connectivity index (χ0v) is 12.6. The predicted octanol–water partition coefficient (Wildman–Crippen LogP) is 2.79. The average molecular weight is 284 g/mol. The number of likely N-dealkylation sites (tertiary alicyclic amines) is 2. The van der Waals surface area contributed by atoms with Crippen LogP contribution in [0.3, 0.4) is 0 Å². The Hall–Kier alpha value is -1.61. The standard InChI is InChI=1S/C18H24N2O/c21-18-9-5-13-20(18)15-14-19-12-4-8-17(19)11-10-16-6-2-1-3-7-16/h1-3,6-7,10-11,17H,4-5,8-9,12-15H2/b11-10+. The maximum Gasteiger partial charge on any atom is 0.222 e. The monoisotopic (exact) mass is 284 g/mol. The van der Waals surface area contributed by atoms with Crippen LogP contribution in [-0.2, 0) is 4.79 Å². The lowest BCUT2D eigenvalue weighted by Gasteiger charge is -2.25. The van der Waals surface area contributed by atoms with Crippen molar-refractivity contribution in [3.8, 4) is 0 Å². The SMILES string of the molecule is O=C1CCCN1CCN1CCCC1/C=C/c1ccccc1. The zero-order chi connectivity index (χ0) is 14.5. The van der Waals surface area contributed by atoms with E-state index in [-0.39, 0.29) is 0 Å². The fourth-order valence-electron chi connectivity index (χ4n) is 3.32. The second-order valence-corrected chi connectivity index (χ2v) is 6.00. The summed E-state index contributed by atoms with van der Waals surface area (Å²) >= 11 is 0. The first-order valence-corrected chi connectivity index (χ1v) is 8.08. The number of carbonyl (C=O) groups is 1. The molecule has 1 aromatic rings. The number of hydrogen-bond donors (Lipinski definition) is 0. The van der Waals surface area contributed by atoms with Gasteiger partial charge in [-0.1, -0.05) is 42.5 Å². The number of rotatable bonds is 5. The Morgan fingerprint density at radius 3 is 2.71 bits per heavy atom. The molecule has 1 unspecified atom stereocenters. The molecule has 112 valence electrons. The lowest BCUT2D eigenvalue weighted by atomic mass is 10.1. The Morgan fingerprint density at radius 1 is 1.10 bits per heavy atom. The van der Waals surface area contributed by atoms with E-state index in [1.165, 1.54) is 18.4 Å². The fourth-order valence-corrected chi connectivity index (χ4v) is 3.32. The van der Waals surface area contributed by atoms with Crippen molar-refractivity contribution in [2.75, 3.05) is 26.2 Å². The summed E-state index contributed by atoms with van der Waals surface area (Å²) in [5, 5.41) is 0. The van der Waals surface area contributed by atoms with Gasteiger partial charge in [-0.25, -0.2) is 0 Å². The molecule has 2 heterocycles. The number of carbonyl (C=O) groups excluding carboxylic acids is 1. The van der Waals surface area contributed by atoms with Crippen molar-refractivity contribution in [2.45, 2.75) is 31.7 Å². The quantitative estimate of drug-likeness (QED) is 0.830. The van der Waals surface area contributed by atoms with Crippen molar-refractivity contribution >= 4 is 12.0 Å². The van der Waals surface area contributed by atoms with Crippen LogP contribution in [0.25, 0.3) is 6.08 Å². The van der Waals surface area contributed by atoms with Gasteiger partial charge >= 0.3 is 0 Å². The van der Waals surface area contributed by atoms with Gasteiger partial charge in [0, 0.05) is 32.1 Å². The largest absolute Gasteiger partial charge is 0.341 e. The number of benzene rings is 1. The molecule has 0 N–H and O–H groups in total. The van der Waals surface area contributed by atoms with Gasteiger partial charge < -0.3 is 4.90 Å². The van der Waals surface area contributed by atoms with Gasteiger partial charge in [-0.05, 0) is 31.4 Å². The van der Waals surface area contributed by atoms with Crippen LogP contribution in [0.5, 0.6) is 0 Å². The van der Waals surface area contributed by atoms with Crippen LogP contribution in [0.4, 0.5) is 0 Å². The van der Waals surface area contributed by atoms with Crippen molar-refractivity contribution in [2.24, 2.45) is 0 Å². The van der Waals surface area contributed by atoms with Gasteiger partial charge in [0.05, 0.1) is 0 Å². The summed E-state index contributed by atoms with van der Waals surface area (Å²) in [6.45, 7) is 4.02. The third-order valence-electron chi connectivity index (χ3n) is 4.55. The van der Waals surface area contributed by atoms with Crippen LogP contribution in [0.1, 0.15) is 31.2 Å². The van der Waals surface area contributed by atoms with Gasteiger partial charge in [0.1, 0.15) is 0 Å². The summed E-state index contributed by atoms with van der Waals surface area (Å²) in [7, 11) is 0. The molecule has 3 heteroatoms. The molecule has 0 saturated carbocycles. The highest BCUT2D eigenvalue weighted by atomic mass is 16.2. The molecule has 1 amide bonds. The van der Waals surface area contributed by atoms with Crippen LogP contribution in [0.15, 0.2) is 36.4 Å². The molecular formula is C18H24N2O. The van der Waals surface area contributed by atoms with Gasteiger partial charge in [0.25, 0.3) is 0 Å². The Labute approximate surface area is 127 Å². The molecule has 1 atom stereocenters. The molecule has 2 aliphatic rings. The van der Waals surface area contributed by atoms with E-state index in [2.05, 4.69) is 41.3 Å². The van der Waals surface area contributed by atoms with Crippen LogP contribution >= 0.6 is 0 Å². The predicted molar refractivity (Wildman–Crippen MR) is 85.9 cm³/mol. The Balaban J connectivity index is 1.53. The van der Waals surface area contributed by atoms with E-state index >= 15 is 0 Å². The third-order valence-corrected chi connectivity index (χ3v) is 4.55. The Kier molecular flexibility index (Phi) is 4.71. The van der Waals surface area contributed by atoms with E-state index < -0.39 is 0 Å². The highest BCUT2D eigenvalue weighted by Crippen LogP contribution is 2.20. The summed E-state index contributed by atoms with van der Waals surface area (Å²) in [6, 6.07) is 11.0. The van der Waals surface area contributed by atoms with E-state index in [0.717, 1.165) is 39.0 Å².